The highest BCUT2D eigenvalue weighted by atomic mass is 35.5. The van der Waals surface area contributed by atoms with Gasteiger partial charge in [0.15, 0.2) is 0 Å². The third-order valence-electron chi connectivity index (χ3n) is 4.17. The second kappa shape index (κ2) is 8.11. The summed E-state index contributed by atoms with van der Waals surface area (Å²) in [6.07, 6.45) is 0. The van der Waals surface area contributed by atoms with E-state index in [-0.39, 0.29) is 30.9 Å². The molecule has 1 aromatic carbocycles. The first-order chi connectivity index (χ1) is 9.99. The molecule has 0 saturated carbocycles. The number of methoxy groups -OCH3 is 1. The van der Waals surface area contributed by atoms with Gasteiger partial charge in [0.25, 0.3) is 0 Å². The fourth-order valence-electron chi connectivity index (χ4n) is 3.00. The van der Waals surface area contributed by atoms with E-state index in [0.29, 0.717) is 11.3 Å². The lowest BCUT2D eigenvalue weighted by atomic mass is 9.79. The number of rotatable bonds is 5. The average Bonchev–Trinajstić information content (AvgIpc) is 2.50. The van der Waals surface area contributed by atoms with E-state index in [1.807, 2.05) is 13.8 Å². The average molecular weight is 333 g/mol. The Bertz CT molecular complexity index is 479. The summed E-state index contributed by atoms with van der Waals surface area (Å²) in [4.78, 5) is 2.25. The molecule has 0 radical (unpaired) electrons. The molecule has 0 bridgehead atoms. The normalized spacial score (nSPS) is 17.7. The van der Waals surface area contributed by atoms with Crippen LogP contribution in [0.3, 0.4) is 0 Å². The number of nitrogens with zero attached hydrogens (tertiary/aromatic N) is 1. The lowest BCUT2D eigenvalue weighted by Gasteiger charge is -2.43. The summed E-state index contributed by atoms with van der Waals surface area (Å²) in [6, 6.07) is 4.81. The van der Waals surface area contributed by atoms with Crippen LogP contribution >= 0.6 is 12.4 Å². The van der Waals surface area contributed by atoms with Gasteiger partial charge in [-0.2, -0.15) is 0 Å². The van der Waals surface area contributed by atoms with Crippen LogP contribution in [-0.2, 0) is 0 Å². The number of ether oxygens (including phenoxy) is 1. The third kappa shape index (κ3) is 4.10. The van der Waals surface area contributed by atoms with Gasteiger partial charge in [-0.3, -0.25) is 4.90 Å². The summed E-state index contributed by atoms with van der Waals surface area (Å²) in [5.74, 6) is 0.233. The molecule has 6 heteroatoms. The quantitative estimate of drug-likeness (QED) is 0.868. The molecule has 1 atom stereocenters. The molecule has 0 aromatic heterocycles. The molecule has 1 heterocycles. The topological polar surface area (TPSA) is 44.7 Å². The summed E-state index contributed by atoms with van der Waals surface area (Å²) < 4.78 is 19.6. The number of aliphatic hydroxyl groups is 1. The van der Waals surface area contributed by atoms with Gasteiger partial charge in [0.05, 0.1) is 7.11 Å². The van der Waals surface area contributed by atoms with Crippen molar-refractivity contribution < 1.29 is 14.2 Å². The zero-order chi connectivity index (χ0) is 15.5. The van der Waals surface area contributed by atoms with Gasteiger partial charge >= 0.3 is 0 Å². The molecule has 1 aliphatic heterocycles. The van der Waals surface area contributed by atoms with Crippen molar-refractivity contribution in [3.63, 3.8) is 0 Å². The molecule has 1 saturated heterocycles. The summed E-state index contributed by atoms with van der Waals surface area (Å²) in [6.45, 7) is 7.42. The summed E-state index contributed by atoms with van der Waals surface area (Å²) in [5, 5.41) is 13.1. The number of nitrogens with one attached hydrogen (secondary N) is 1. The van der Waals surface area contributed by atoms with Gasteiger partial charge in [0.2, 0.25) is 0 Å². The van der Waals surface area contributed by atoms with E-state index < -0.39 is 5.41 Å². The summed E-state index contributed by atoms with van der Waals surface area (Å²) in [5.41, 5.74) is 0.198. The van der Waals surface area contributed by atoms with Crippen molar-refractivity contribution in [2.24, 2.45) is 5.41 Å². The fraction of sp³-hybridized carbons (Fsp3) is 0.625. The lowest BCUT2D eigenvalue weighted by Crippen LogP contribution is -2.49. The number of aliphatic hydroxyl groups excluding tert-OH is 1. The molecule has 22 heavy (non-hydrogen) atoms. The number of piperazine rings is 1. The van der Waals surface area contributed by atoms with Crippen LogP contribution in [0.15, 0.2) is 18.2 Å². The highest BCUT2D eigenvalue weighted by Crippen LogP contribution is 2.40. The van der Waals surface area contributed by atoms with E-state index in [4.69, 9.17) is 4.74 Å². The predicted molar refractivity (Wildman–Crippen MR) is 88.3 cm³/mol. The largest absolute Gasteiger partial charge is 0.497 e. The standard InChI is InChI=1S/C16H25FN2O2.ClH/c1-16(2,11-20)15(19-8-6-18-7-9-19)13-5-4-12(21-3)10-14(13)17;/h4-5,10,15,18,20H,6-9,11H2,1-3H3;1H/t15-;/m1./s1. The molecule has 4 nitrogen and oxygen atoms in total. The molecule has 2 N–H and O–H groups in total. The first-order valence-corrected chi connectivity index (χ1v) is 7.38. The minimum Gasteiger partial charge on any atom is -0.497 e. The summed E-state index contributed by atoms with van der Waals surface area (Å²) >= 11 is 0. The Labute approximate surface area is 138 Å². The number of hydrogen-bond donors (Lipinski definition) is 2. The van der Waals surface area contributed by atoms with Crippen LogP contribution in [0.5, 0.6) is 5.75 Å². The number of halogens is 2. The smallest absolute Gasteiger partial charge is 0.131 e. The van der Waals surface area contributed by atoms with Crippen molar-refractivity contribution in [1.82, 2.24) is 10.2 Å². The highest BCUT2D eigenvalue weighted by molar-refractivity contribution is 5.85. The third-order valence-corrected chi connectivity index (χ3v) is 4.17. The lowest BCUT2D eigenvalue weighted by molar-refractivity contribution is 0.0286. The Kier molecular flexibility index (Phi) is 7.06. The van der Waals surface area contributed by atoms with Crippen LogP contribution in [0.2, 0.25) is 0 Å². The van der Waals surface area contributed by atoms with Crippen LogP contribution in [0.4, 0.5) is 4.39 Å². The maximum Gasteiger partial charge on any atom is 0.131 e. The zero-order valence-corrected chi connectivity index (χ0v) is 14.3. The van der Waals surface area contributed by atoms with Crippen molar-refractivity contribution in [3.8, 4) is 5.75 Å². The van der Waals surface area contributed by atoms with E-state index in [1.165, 1.54) is 13.2 Å². The second-order valence-corrected chi connectivity index (χ2v) is 6.22. The minimum absolute atomic E-state index is 0. The monoisotopic (exact) mass is 332 g/mol. The molecule has 126 valence electrons. The van der Waals surface area contributed by atoms with E-state index in [9.17, 15) is 9.50 Å². The molecule has 1 aliphatic rings. The summed E-state index contributed by atoms with van der Waals surface area (Å²) in [7, 11) is 1.53. The molecule has 0 spiro atoms. The van der Waals surface area contributed by atoms with Crippen LogP contribution in [0.25, 0.3) is 0 Å². The Hall–Kier alpha value is -0.880. The van der Waals surface area contributed by atoms with Crippen molar-refractivity contribution in [1.29, 1.82) is 0 Å². The van der Waals surface area contributed by atoms with Crippen molar-refractivity contribution in [2.75, 3.05) is 39.9 Å². The SMILES string of the molecule is COc1ccc([C@@H](N2CCNCC2)C(C)(C)CO)c(F)c1.Cl. The van der Waals surface area contributed by atoms with Gasteiger partial charge < -0.3 is 15.2 Å². The fourth-order valence-corrected chi connectivity index (χ4v) is 3.00. The van der Waals surface area contributed by atoms with Crippen LogP contribution in [-0.4, -0.2) is 49.9 Å². The van der Waals surface area contributed by atoms with Gasteiger partial charge in [-0.1, -0.05) is 19.9 Å². The first kappa shape index (κ1) is 19.2. The molecule has 0 amide bonds. The van der Waals surface area contributed by atoms with E-state index in [1.54, 1.807) is 12.1 Å². The number of benzene rings is 1. The molecule has 0 aliphatic carbocycles. The number of hydrogen-bond acceptors (Lipinski definition) is 4. The first-order valence-electron chi connectivity index (χ1n) is 7.38. The van der Waals surface area contributed by atoms with Gasteiger partial charge in [-0.25, -0.2) is 4.39 Å². The zero-order valence-electron chi connectivity index (χ0n) is 13.4. The Balaban J connectivity index is 0.00000242. The Morgan fingerprint density at radius 1 is 1.36 bits per heavy atom. The maximum absolute atomic E-state index is 14.5. The molecule has 0 unspecified atom stereocenters. The molecular formula is C16H26ClFN2O2. The second-order valence-electron chi connectivity index (χ2n) is 6.22. The van der Waals surface area contributed by atoms with Crippen LogP contribution in [0, 0.1) is 11.2 Å². The van der Waals surface area contributed by atoms with Crippen molar-refractivity contribution in [2.45, 2.75) is 19.9 Å². The Morgan fingerprint density at radius 2 is 2.00 bits per heavy atom. The van der Waals surface area contributed by atoms with Gasteiger partial charge in [0, 0.05) is 55.9 Å². The molecule has 1 aromatic rings. The maximum atomic E-state index is 14.5. The highest BCUT2D eigenvalue weighted by Gasteiger charge is 2.37. The van der Waals surface area contributed by atoms with E-state index >= 15 is 0 Å². The van der Waals surface area contributed by atoms with E-state index in [2.05, 4.69) is 10.2 Å². The van der Waals surface area contributed by atoms with Gasteiger partial charge in [-0.15, -0.1) is 12.4 Å². The van der Waals surface area contributed by atoms with Gasteiger partial charge in [-0.05, 0) is 6.07 Å². The predicted octanol–water partition coefficient (Wildman–Crippen LogP) is 2.22. The minimum atomic E-state index is -0.424. The molecule has 1 fully saturated rings. The van der Waals surface area contributed by atoms with Crippen molar-refractivity contribution >= 4 is 12.4 Å². The molecule has 2 rings (SSSR count). The Morgan fingerprint density at radius 3 is 2.50 bits per heavy atom. The van der Waals surface area contributed by atoms with Crippen molar-refractivity contribution in [3.05, 3.63) is 29.6 Å². The van der Waals surface area contributed by atoms with Gasteiger partial charge in [0.1, 0.15) is 11.6 Å². The van der Waals surface area contributed by atoms with Crippen LogP contribution < -0.4 is 10.1 Å². The van der Waals surface area contributed by atoms with Crippen LogP contribution in [0.1, 0.15) is 25.5 Å². The molecular weight excluding hydrogens is 307 g/mol. The van der Waals surface area contributed by atoms with E-state index in [0.717, 1.165) is 26.2 Å².